The van der Waals surface area contributed by atoms with Gasteiger partial charge < -0.3 is 10.0 Å². The number of hydrogen-bond acceptors (Lipinski definition) is 2. The van der Waals surface area contributed by atoms with E-state index in [1.807, 2.05) is 4.90 Å². The first kappa shape index (κ1) is 14.6. The van der Waals surface area contributed by atoms with E-state index >= 15 is 0 Å². The molecule has 0 spiro atoms. The topological polar surface area (TPSA) is 40.5 Å². The number of aliphatic hydroxyl groups excluding tert-OH is 1. The molecule has 0 unspecified atom stereocenters. The van der Waals surface area contributed by atoms with Gasteiger partial charge in [-0.05, 0) is 36.0 Å². The molecule has 3 nitrogen and oxygen atoms in total. The molecule has 0 saturated carbocycles. The van der Waals surface area contributed by atoms with Gasteiger partial charge in [-0.1, -0.05) is 39.0 Å². The summed E-state index contributed by atoms with van der Waals surface area (Å²) in [6.45, 7) is 7.07. The Kier molecular flexibility index (Phi) is 3.56. The summed E-state index contributed by atoms with van der Waals surface area (Å²) in [6.07, 6.45) is 3.08. The van der Waals surface area contributed by atoms with E-state index in [1.165, 1.54) is 11.1 Å². The summed E-state index contributed by atoms with van der Waals surface area (Å²) in [5.74, 6) is 0.191. The highest BCUT2D eigenvalue weighted by molar-refractivity contribution is 5.78. The van der Waals surface area contributed by atoms with Crippen molar-refractivity contribution in [2.45, 2.75) is 64.0 Å². The Morgan fingerprint density at radius 1 is 1.33 bits per heavy atom. The van der Waals surface area contributed by atoms with Crippen molar-refractivity contribution in [2.24, 2.45) is 0 Å². The van der Waals surface area contributed by atoms with Crippen molar-refractivity contribution in [2.75, 3.05) is 6.54 Å². The molecule has 0 aromatic heterocycles. The van der Waals surface area contributed by atoms with Gasteiger partial charge in [-0.25, -0.2) is 0 Å². The van der Waals surface area contributed by atoms with Crippen LogP contribution in [0.5, 0.6) is 0 Å². The van der Waals surface area contributed by atoms with Crippen LogP contribution in [0.25, 0.3) is 0 Å². The predicted octanol–water partition coefficient (Wildman–Crippen LogP) is 2.95. The summed E-state index contributed by atoms with van der Waals surface area (Å²) in [4.78, 5) is 14.2. The SMILES string of the molecule is CCc1ccc2c(c1)[C@@H](N1CCCCC1=O)[C@H](O)C2(C)C. The molecule has 1 amide bonds. The molecule has 0 bridgehead atoms. The summed E-state index contributed by atoms with van der Waals surface area (Å²) in [5, 5.41) is 10.9. The Morgan fingerprint density at radius 3 is 2.76 bits per heavy atom. The van der Waals surface area contributed by atoms with Gasteiger partial charge in [0.1, 0.15) is 0 Å². The monoisotopic (exact) mass is 287 g/mol. The molecule has 21 heavy (non-hydrogen) atoms. The van der Waals surface area contributed by atoms with Gasteiger partial charge in [0.05, 0.1) is 12.1 Å². The largest absolute Gasteiger partial charge is 0.390 e. The van der Waals surface area contributed by atoms with Gasteiger partial charge in [0.15, 0.2) is 0 Å². The van der Waals surface area contributed by atoms with Crippen LogP contribution in [0.2, 0.25) is 0 Å². The number of rotatable bonds is 2. The van der Waals surface area contributed by atoms with Gasteiger partial charge >= 0.3 is 0 Å². The summed E-state index contributed by atoms with van der Waals surface area (Å²) >= 11 is 0. The number of amides is 1. The highest BCUT2D eigenvalue weighted by Gasteiger charge is 2.49. The van der Waals surface area contributed by atoms with E-state index < -0.39 is 6.10 Å². The van der Waals surface area contributed by atoms with E-state index in [0.29, 0.717) is 6.42 Å². The van der Waals surface area contributed by atoms with Gasteiger partial charge in [-0.2, -0.15) is 0 Å². The molecule has 2 atom stereocenters. The minimum Gasteiger partial charge on any atom is -0.390 e. The third kappa shape index (κ3) is 2.18. The third-order valence-corrected chi connectivity index (χ3v) is 5.27. The molecule has 1 aromatic rings. The van der Waals surface area contributed by atoms with E-state index in [4.69, 9.17) is 0 Å². The van der Waals surface area contributed by atoms with Crippen LogP contribution in [0, 0.1) is 0 Å². The molecule has 1 saturated heterocycles. The highest BCUT2D eigenvalue weighted by atomic mass is 16.3. The summed E-state index contributed by atoms with van der Waals surface area (Å²) < 4.78 is 0. The Morgan fingerprint density at radius 2 is 2.10 bits per heavy atom. The van der Waals surface area contributed by atoms with Crippen LogP contribution in [0.15, 0.2) is 18.2 Å². The van der Waals surface area contributed by atoms with Crippen LogP contribution < -0.4 is 0 Å². The van der Waals surface area contributed by atoms with Crippen LogP contribution in [-0.4, -0.2) is 28.6 Å². The van der Waals surface area contributed by atoms with Crippen molar-refractivity contribution in [3.63, 3.8) is 0 Å². The van der Waals surface area contributed by atoms with Crippen LogP contribution >= 0.6 is 0 Å². The lowest BCUT2D eigenvalue weighted by atomic mass is 9.84. The smallest absolute Gasteiger partial charge is 0.223 e. The summed E-state index contributed by atoms with van der Waals surface area (Å²) in [5.41, 5.74) is 3.31. The molecule has 1 N–H and O–H groups in total. The molecule has 3 rings (SSSR count). The fraction of sp³-hybridized carbons (Fsp3) is 0.611. The summed E-state index contributed by atoms with van der Waals surface area (Å²) in [6, 6.07) is 6.31. The second kappa shape index (κ2) is 5.13. The lowest BCUT2D eigenvalue weighted by Crippen LogP contribution is -2.44. The Hall–Kier alpha value is -1.35. The average molecular weight is 287 g/mol. The second-order valence-corrected chi connectivity index (χ2v) is 6.93. The Labute approximate surface area is 127 Å². The number of likely N-dealkylation sites (tertiary alicyclic amines) is 1. The van der Waals surface area contributed by atoms with Gasteiger partial charge in [-0.3, -0.25) is 4.79 Å². The number of aryl methyl sites for hydroxylation is 1. The molecular weight excluding hydrogens is 262 g/mol. The van der Waals surface area contributed by atoms with Crippen molar-refractivity contribution in [1.29, 1.82) is 0 Å². The number of fused-ring (bicyclic) bond motifs is 1. The number of aliphatic hydroxyl groups is 1. The molecule has 1 fully saturated rings. The van der Waals surface area contributed by atoms with Gasteiger partial charge in [-0.15, -0.1) is 0 Å². The first-order valence-electron chi connectivity index (χ1n) is 8.07. The number of benzene rings is 1. The predicted molar refractivity (Wildman–Crippen MR) is 83.2 cm³/mol. The van der Waals surface area contributed by atoms with E-state index in [9.17, 15) is 9.90 Å². The van der Waals surface area contributed by atoms with Crippen molar-refractivity contribution < 1.29 is 9.90 Å². The minimum atomic E-state index is -0.526. The second-order valence-electron chi connectivity index (χ2n) is 6.93. The lowest BCUT2D eigenvalue weighted by Gasteiger charge is -2.37. The van der Waals surface area contributed by atoms with Gasteiger partial charge in [0.2, 0.25) is 5.91 Å². The molecule has 0 radical (unpaired) electrons. The molecule has 1 aromatic carbocycles. The van der Waals surface area contributed by atoms with E-state index in [2.05, 4.69) is 39.0 Å². The van der Waals surface area contributed by atoms with Crippen LogP contribution in [0.1, 0.15) is 62.8 Å². The van der Waals surface area contributed by atoms with Crippen molar-refractivity contribution in [3.8, 4) is 0 Å². The van der Waals surface area contributed by atoms with E-state index in [-0.39, 0.29) is 17.4 Å². The highest BCUT2D eigenvalue weighted by Crippen LogP contribution is 2.48. The van der Waals surface area contributed by atoms with Crippen LogP contribution in [0.3, 0.4) is 0 Å². The number of carbonyl (C=O) groups excluding carboxylic acids is 1. The molecule has 1 heterocycles. The van der Waals surface area contributed by atoms with Crippen LogP contribution in [-0.2, 0) is 16.6 Å². The summed E-state index contributed by atoms with van der Waals surface area (Å²) in [7, 11) is 0. The quantitative estimate of drug-likeness (QED) is 0.908. The van der Waals surface area contributed by atoms with E-state index in [0.717, 1.165) is 31.4 Å². The number of piperidine rings is 1. The molecule has 1 aliphatic carbocycles. The maximum absolute atomic E-state index is 12.3. The van der Waals surface area contributed by atoms with Gasteiger partial charge in [0.25, 0.3) is 0 Å². The van der Waals surface area contributed by atoms with E-state index in [1.54, 1.807) is 0 Å². The standard InChI is InChI=1S/C18H25NO2/c1-4-12-8-9-14-13(11-12)16(17(21)18(14,2)3)19-10-6-5-7-15(19)20/h8-9,11,16-17,21H,4-7,10H2,1-3H3/t16-,17+/m1/s1. The van der Waals surface area contributed by atoms with Gasteiger partial charge in [0, 0.05) is 18.4 Å². The minimum absolute atomic E-state index is 0.172. The fourth-order valence-electron chi connectivity index (χ4n) is 3.85. The van der Waals surface area contributed by atoms with Crippen molar-refractivity contribution in [1.82, 2.24) is 4.90 Å². The Bertz CT molecular complexity index is 564. The zero-order chi connectivity index (χ0) is 15.2. The third-order valence-electron chi connectivity index (χ3n) is 5.27. The van der Waals surface area contributed by atoms with Crippen molar-refractivity contribution >= 4 is 5.91 Å². The van der Waals surface area contributed by atoms with Crippen molar-refractivity contribution in [3.05, 3.63) is 34.9 Å². The zero-order valence-electron chi connectivity index (χ0n) is 13.2. The maximum Gasteiger partial charge on any atom is 0.223 e. The maximum atomic E-state index is 12.3. The number of hydrogen-bond donors (Lipinski definition) is 1. The molecular formula is C18H25NO2. The Balaban J connectivity index is 2.07. The first-order valence-corrected chi connectivity index (χ1v) is 8.07. The average Bonchev–Trinajstić information content (AvgIpc) is 2.67. The molecule has 1 aliphatic heterocycles. The molecule has 2 aliphatic rings. The lowest BCUT2D eigenvalue weighted by molar-refractivity contribution is -0.139. The molecule has 3 heteroatoms. The first-order chi connectivity index (χ1) is 9.96. The number of nitrogens with zero attached hydrogens (tertiary/aromatic N) is 1. The normalized spacial score (nSPS) is 27.8. The molecule has 114 valence electrons. The number of carbonyl (C=O) groups is 1. The fourth-order valence-corrected chi connectivity index (χ4v) is 3.85. The zero-order valence-corrected chi connectivity index (χ0v) is 13.2. The van der Waals surface area contributed by atoms with Crippen LogP contribution in [0.4, 0.5) is 0 Å².